The SMILES string of the molecule is C=CCN(C(=O)Cn1cnc2c(nnn2Cc2cccc(C(F)(F)F)c2)c1=O)c1ccccc1. The smallest absolute Gasteiger partial charge is 0.307 e. The molecule has 0 N–H and O–H groups in total. The molecule has 4 rings (SSSR count). The van der Waals surface area contributed by atoms with Crippen molar-refractivity contribution in [1.82, 2.24) is 24.5 Å². The van der Waals surface area contributed by atoms with E-state index in [4.69, 9.17) is 0 Å². The number of halogens is 3. The number of alkyl halides is 3. The van der Waals surface area contributed by atoms with Crippen molar-refractivity contribution in [3.05, 3.63) is 95.1 Å². The molecule has 8 nitrogen and oxygen atoms in total. The molecule has 0 unspecified atom stereocenters. The van der Waals surface area contributed by atoms with Gasteiger partial charge in [-0.05, 0) is 29.8 Å². The van der Waals surface area contributed by atoms with Crippen LogP contribution in [0.3, 0.4) is 0 Å². The van der Waals surface area contributed by atoms with E-state index in [1.54, 1.807) is 30.3 Å². The molecule has 0 aliphatic heterocycles. The van der Waals surface area contributed by atoms with Crippen LogP contribution in [0.1, 0.15) is 11.1 Å². The standard InChI is InChI=1S/C23H19F3N6O2/c1-2-11-31(18-9-4-3-5-10-18)19(33)14-30-15-27-21-20(22(30)34)28-29-32(21)13-16-7-6-8-17(12-16)23(24,25)26/h2-10,12,15H,1,11,13-14H2. The minimum atomic E-state index is -4.47. The Hall–Kier alpha value is -4.28. The van der Waals surface area contributed by atoms with Gasteiger partial charge in [0.2, 0.25) is 5.91 Å². The minimum absolute atomic E-state index is 0.0586. The fourth-order valence-corrected chi connectivity index (χ4v) is 3.44. The van der Waals surface area contributed by atoms with E-state index in [1.807, 2.05) is 6.07 Å². The highest BCUT2D eigenvalue weighted by atomic mass is 19.4. The number of carbonyl (C=O) groups excluding carboxylic acids is 1. The second-order valence-electron chi connectivity index (χ2n) is 7.42. The quantitative estimate of drug-likeness (QED) is 0.389. The van der Waals surface area contributed by atoms with Gasteiger partial charge in [-0.2, -0.15) is 13.2 Å². The number of hydrogen-bond donors (Lipinski definition) is 0. The van der Waals surface area contributed by atoms with Crippen molar-refractivity contribution >= 4 is 22.8 Å². The van der Waals surface area contributed by atoms with Crippen LogP contribution in [0, 0.1) is 0 Å². The fourth-order valence-electron chi connectivity index (χ4n) is 3.44. The number of anilines is 1. The molecule has 0 saturated heterocycles. The zero-order valence-electron chi connectivity index (χ0n) is 17.8. The highest BCUT2D eigenvalue weighted by Crippen LogP contribution is 2.29. The summed E-state index contributed by atoms with van der Waals surface area (Å²) in [4.78, 5) is 31.5. The Kier molecular flexibility index (Phi) is 6.26. The molecule has 0 aliphatic rings. The normalized spacial score (nSPS) is 11.5. The van der Waals surface area contributed by atoms with Gasteiger partial charge in [0.1, 0.15) is 12.9 Å². The van der Waals surface area contributed by atoms with E-state index < -0.39 is 17.3 Å². The molecule has 0 fully saturated rings. The monoisotopic (exact) mass is 468 g/mol. The number of hydrogen-bond acceptors (Lipinski definition) is 5. The molecule has 2 aromatic carbocycles. The molecule has 4 aromatic rings. The number of benzene rings is 2. The minimum Gasteiger partial charge on any atom is -0.307 e. The van der Waals surface area contributed by atoms with Gasteiger partial charge in [-0.25, -0.2) is 9.67 Å². The van der Waals surface area contributed by atoms with Crippen LogP contribution in [0.15, 0.2) is 78.4 Å². The van der Waals surface area contributed by atoms with Crippen molar-refractivity contribution in [2.24, 2.45) is 0 Å². The Bertz CT molecular complexity index is 1400. The van der Waals surface area contributed by atoms with Gasteiger partial charge in [-0.1, -0.05) is 41.6 Å². The van der Waals surface area contributed by atoms with Crippen molar-refractivity contribution in [2.45, 2.75) is 19.3 Å². The van der Waals surface area contributed by atoms with Crippen LogP contribution in [0.25, 0.3) is 11.2 Å². The topological polar surface area (TPSA) is 85.9 Å². The number of nitrogens with zero attached hydrogens (tertiary/aromatic N) is 6. The molecule has 0 bridgehead atoms. The Labute approximate surface area is 191 Å². The summed E-state index contributed by atoms with van der Waals surface area (Å²) in [7, 11) is 0. The second-order valence-corrected chi connectivity index (χ2v) is 7.42. The summed E-state index contributed by atoms with van der Waals surface area (Å²) in [6, 6.07) is 13.7. The van der Waals surface area contributed by atoms with E-state index in [0.29, 0.717) is 11.3 Å². The Morgan fingerprint density at radius 3 is 2.59 bits per heavy atom. The number of aromatic nitrogens is 5. The van der Waals surface area contributed by atoms with Gasteiger partial charge >= 0.3 is 6.18 Å². The number of amides is 1. The first-order valence-electron chi connectivity index (χ1n) is 10.2. The Balaban J connectivity index is 1.59. The Morgan fingerprint density at radius 1 is 1.12 bits per heavy atom. The third-order valence-electron chi connectivity index (χ3n) is 5.06. The first-order chi connectivity index (χ1) is 16.3. The predicted octanol–water partition coefficient (Wildman–Crippen LogP) is 3.27. The summed E-state index contributed by atoms with van der Waals surface area (Å²) in [6.07, 6.45) is -1.70. The molecule has 1 amide bonds. The fraction of sp³-hybridized carbons (Fsp3) is 0.174. The van der Waals surface area contributed by atoms with Crippen LogP contribution < -0.4 is 10.5 Å². The van der Waals surface area contributed by atoms with E-state index >= 15 is 0 Å². The van der Waals surface area contributed by atoms with E-state index in [1.165, 1.54) is 28.0 Å². The van der Waals surface area contributed by atoms with Crippen molar-refractivity contribution in [1.29, 1.82) is 0 Å². The number of rotatable bonds is 7. The summed E-state index contributed by atoms with van der Waals surface area (Å²) < 4.78 is 41.3. The van der Waals surface area contributed by atoms with Crippen LogP contribution >= 0.6 is 0 Å². The van der Waals surface area contributed by atoms with Gasteiger partial charge in [0, 0.05) is 12.2 Å². The van der Waals surface area contributed by atoms with Crippen LogP contribution in [-0.2, 0) is 24.1 Å². The third kappa shape index (κ3) is 4.72. The van der Waals surface area contributed by atoms with Crippen molar-refractivity contribution < 1.29 is 18.0 Å². The molecule has 0 atom stereocenters. The summed E-state index contributed by atoms with van der Waals surface area (Å²) in [5.41, 5.74) is -0.368. The summed E-state index contributed by atoms with van der Waals surface area (Å²) in [5.74, 6) is -0.356. The molecule has 0 radical (unpaired) electrons. The zero-order valence-corrected chi connectivity index (χ0v) is 17.8. The zero-order chi connectivity index (χ0) is 24.3. The molecule has 2 aromatic heterocycles. The van der Waals surface area contributed by atoms with E-state index in [9.17, 15) is 22.8 Å². The first-order valence-corrected chi connectivity index (χ1v) is 10.2. The first kappa shape index (κ1) is 22.9. The van der Waals surface area contributed by atoms with Crippen LogP contribution in [-0.4, -0.2) is 37.0 Å². The van der Waals surface area contributed by atoms with E-state index in [2.05, 4.69) is 21.9 Å². The van der Waals surface area contributed by atoms with Gasteiger partial charge in [0.05, 0.1) is 12.1 Å². The molecular formula is C23H19F3N6O2. The summed E-state index contributed by atoms with van der Waals surface area (Å²) in [6.45, 7) is 3.58. The highest BCUT2D eigenvalue weighted by Gasteiger charge is 2.30. The molecule has 0 spiro atoms. The average molecular weight is 468 g/mol. The predicted molar refractivity (Wildman–Crippen MR) is 119 cm³/mol. The molecule has 0 aliphatic carbocycles. The lowest BCUT2D eigenvalue weighted by Crippen LogP contribution is -2.36. The second kappa shape index (κ2) is 9.30. The van der Waals surface area contributed by atoms with Crippen LogP contribution in [0.2, 0.25) is 0 Å². The average Bonchev–Trinajstić information content (AvgIpc) is 3.22. The lowest BCUT2D eigenvalue weighted by molar-refractivity contribution is -0.137. The molecule has 0 saturated carbocycles. The molecule has 34 heavy (non-hydrogen) atoms. The van der Waals surface area contributed by atoms with Gasteiger partial charge in [-0.3, -0.25) is 14.2 Å². The summed E-state index contributed by atoms with van der Waals surface area (Å²) >= 11 is 0. The molecule has 174 valence electrons. The Morgan fingerprint density at radius 2 is 1.88 bits per heavy atom. The van der Waals surface area contributed by atoms with Gasteiger partial charge in [-0.15, -0.1) is 11.7 Å². The summed E-state index contributed by atoms with van der Waals surface area (Å²) in [5, 5.41) is 7.72. The van der Waals surface area contributed by atoms with E-state index in [-0.39, 0.29) is 36.7 Å². The molecule has 2 heterocycles. The van der Waals surface area contributed by atoms with Gasteiger partial charge in [0.25, 0.3) is 5.56 Å². The van der Waals surface area contributed by atoms with Gasteiger partial charge in [0.15, 0.2) is 11.2 Å². The lowest BCUT2D eigenvalue weighted by Gasteiger charge is -2.21. The molecular weight excluding hydrogens is 449 g/mol. The van der Waals surface area contributed by atoms with Crippen LogP contribution in [0.4, 0.5) is 18.9 Å². The number of fused-ring (bicyclic) bond motifs is 1. The number of para-hydroxylation sites is 1. The van der Waals surface area contributed by atoms with Crippen molar-refractivity contribution in [3.63, 3.8) is 0 Å². The number of carbonyl (C=O) groups is 1. The van der Waals surface area contributed by atoms with Gasteiger partial charge < -0.3 is 4.90 Å². The lowest BCUT2D eigenvalue weighted by atomic mass is 10.1. The maximum Gasteiger partial charge on any atom is 0.416 e. The van der Waals surface area contributed by atoms with Crippen molar-refractivity contribution in [2.75, 3.05) is 11.4 Å². The van der Waals surface area contributed by atoms with Crippen LogP contribution in [0.5, 0.6) is 0 Å². The maximum absolute atomic E-state index is 13.0. The van der Waals surface area contributed by atoms with E-state index in [0.717, 1.165) is 16.7 Å². The molecule has 11 heteroatoms. The highest BCUT2D eigenvalue weighted by molar-refractivity contribution is 5.93. The third-order valence-corrected chi connectivity index (χ3v) is 5.06. The maximum atomic E-state index is 13.0. The largest absolute Gasteiger partial charge is 0.416 e. The van der Waals surface area contributed by atoms with Crippen molar-refractivity contribution in [3.8, 4) is 0 Å².